The second-order valence-electron chi connectivity index (χ2n) is 12.0. The molecule has 0 radical (unpaired) electrons. The van der Waals surface area contributed by atoms with E-state index in [1.165, 1.54) is 49.0 Å². The first-order valence-corrected chi connectivity index (χ1v) is 15.4. The van der Waals surface area contributed by atoms with Crippen molar-refractivity contribution in [3.05, 3.63) is 145 Å². The molecule has 0 spiro atoms. The van der Waals surface area contributed by atoms with Gasteiger partial charge in [0.1, 0.15) is 22.3 Å². The Morgan fingerprint density at radius 1 is 0.400 bits per heavy atom. The summed E-state index contributed by atoms with van der Waals surface area (Å²) in [5.41, 5.74) is 9.53. The van der Waals surface area contributed by atoms with Crippen LogP contribution in [0.5, 0.6) is 0 Å². The third kappa shape index (κ3) is 3.34. The lowest BCUT2D eigenvalue weighted by Crippen LogP contribution is -1.92. The quantitative estimate of drug-likeness (QED) is 0.192. The van der Waals surface area contributed by atoms with Gasteiger partial charge in [-0.2, -0.15) is 0 Å². The van der Waals surface area contributed by atoms with E-state index < -0.39 is 0 Å². The molecule has 0 aliphatic carbocycles. The van der Waals surface area contributed by atoms with Gasteiger partial charge in [-0.05, 0) is 74.8 Å². The minimum atomic E-state index is 0.886. The van der Waals surface area contributed by atoms with Crippen molar-refractivity contribution in [3.63, 3.8) is 0 Å². The molecular weight excluding hydrogens is 548 g/mol. The predicted molar refractivity (Wildman–Crippen MR) is 189 cm³/mol. The molecule has 45 heavy (non-hydrogen) atoms. The summed E-state index contributed by atoms with van der Waals surface area (Å²) >= 11 is 0. The minimum absolute atomic E-state index is 0.886. The zero-order chi connectivity index (χ0) is 29.6. The van der Waals surface area contributed by atoms with E-state index in [2.05, 4.69) is 140 Å². The molecule has 10 rings (SSSR count). The molecule has 0 aliphatic rings. The lowest BCUT2D eigenvalue weighted by molar-refractivity contribution is 0.666. The molecule has 0 saturated heterocycles. The molecule has 0 atom stereocenters. The largest absolute Gasteiger partial charge is 0.456 e. The molecule has 0 unspecified atom stereocenters. The molecule has 0 aliphatic heterocycles. The van der Waals surface area contributed by atoms with Crippen molar-refractivity contribution < 1.29 is 8.83 Å². The average Bonchev–Trinajstić information content (AvgIpc) is 3.67. The highest BCUT2D eigenvalue weighted by molar-refractivity contribution is 6.34. The minimum Gasteiger partial charge on any atom is -0.456 e. The maximum Gasteiger partial charge on any atom is 0.143 e. The zero-order valence-electron chi connectivity index (χ0n) is 24.6. The van der Waals surface area contributed by atoms with E-state index in [4.69, 9.17) is 8.83 Å². The third-order valence-corrected chi connectivity index (χ3v) is 9.52. The van der Waals surface area contributed by atoms with Gasteiger partial charge in [0.05, 0.1) is 0 Å². The van der Waals surface area contributed by atoms with Crippen molar-refractivity contribution in [2.24, 2.45) is 0 Å². The Bertz CT molecular complexity index is 2760. The van der Waals surface area contributed by atoms with Crippen LogP contribution in [0.25, 0.3) is 98.4 Å². The standard InChI is InChI=1S/C43H26O2/c1-25-23-27-24-34(39-30-17-7-5-15-28(30)37(26-13-3-2-4-14-26)29-16-6-8-18-31(29)39)43-41(33-20-10-12-22-36(33)45-43)38(27)40-32-19-9-11-21-35(32)44-42(25)40/h2-24H,1H3. The van der Waals surface area contributed by atoms with Gasteiger partial charge in [-0.15, -0.1) is 0 Å². The topological polar surface area (TPSA) is 26.3 Å². The highest BCUT2D eigenvalue weighted by Crippen LogP contribution is 2.50. The Morgan fingerprint density at radius 3 is 1.47 bits per heavy atom. The van der Waals surface area contributed by atoms with Crippen LogP contribution in [0.4, 0.5) is 0 Å². The molecule has 0 amide bonds. The number of aryl methyl sites for hydroxylation is 1. The van der Waals surface area contributed by atoms with Crippen LogP contribution < -0.4 is 0 Å². The van der Waals surface area contributed by atoms with Gasteiger partial charge in [0.25, 0.3) is 0 Å². The summed E-state index contributed by atoms with van der Waals surface area (Å²) in [6.45, 7) is 2.15. The molecular formula is C43H26O2. The van der Waals surface area contributed by atoms with Crippen molar-refractivity contribution >= 4 is 76.2 Å². The Balaban J connectivity index is 1.46. The predicted octanol–water partition coefficient (Wildman–Crippen LogP) is 12.6. The van der Waals surface area contributed by atoms with Crippen LogP contribution in [-0.4, -0.2) is 0 Å². The van der Waals surface area contributed by atoms with E-state index >= 15 is 0 Å². The third-order valence-electron chi connectivity index (χ3n) is 9.52. The molecule has 0 bridgehead atoms. The Morgan fingerprint density at radius 2 is 0.867 bits per heavy atom. The van der Waals surface area contributed by atoms with Gasteiger partial charge in [0.2, 0.25) is 0 Å². The van der Waals surface area contributed by atoms with Gasteiger partial charge in [-0.25, -0.2) is 0 Å². The van der Waals surface area contributed by atoms with Crippen LogP contribution in [0.1, 0.15) is 5.56 Å². The molecule has 8 aromatic carbocycles. The first-order chi connectivity index (χ1) is 22.3. The molecule has 0 saturated carbocycles. The molecule has 2 heterocycles. The molecule has 2 nitrogen and oxygen atoms in total. The molecule has 210 valence electrons. The van der Waals surface area contributed by atoms with E-state index in [1.54, 1.807) is 0 Å². The smallest absolute Gasteiger partial charge is 0.143 e. The molecule has 2 aromatic heterocycles. The lowest BCUT2D eigenvalue weighted by atomic mass is 9.84. The summed E-state index contributed by atoms with van der Waals surface area (Å²) in [6.07, 6.45) is 0. The first kappa shape index (κ1) is 24.6. The summed E-state index contributed by atoms with van der Waals surface area (Å²) < 4.78 is 13.4. The van der Waals surface area contributed by atoms with Gasteiger partial charge < -0.3 is 8.83 Å². The number of benzene rings is 8. The van der Waals surface area contributed by atoms with Gasteiger partial charge in [-0.3, -0.25) is 0 Å². The van der Waals surface area contributed by atoms with Crippen molar-refractivity contribution in [1.29, 1.82) is 0 Å². The van der Waals surface area contributed by atoms with Crippen molar-refractivity contribution in [2.45, 2.75) is 6.92 Å². The van der Waals surface area contributed by atoms with Gasteiger partial charge in [-0.1, -0.05) is 115 Å². The number of fused-ring (bicyclic) bond motifs is 11. The summed E-state index contributed by atoms with van der Waals surface area (Å²) in [4.78, 5) is 0. The van der Waals surface area contributed by atoms with Crippen LogP contribution in [-0.2, 0) is 0 Å². The van der Waals surface area contributed by atoms with Crippen LogP contribution in [0.3, 0.4) is 0 Å². The molecule has 10 aromatic rings. The van der Waals surface area contributed by atoms with Crippen molar-refractivity contribution in [1.82, 2.24) is 0 Å². The molecule has 0 N–H and O–H groups in total. The van der Waals surface area contributed by atoms with Crippen LogP contribution in [0, 0.1) is 6.92 Å². The van der Waals surface area contributed by atoms with E-state index in [1.807, 2.05) is 6.07 Å². The highest BCUT2D eigenvalue weighted by Gasteiger charge is 2.24. The SMILES string of the molecule is Cc1cc2cc(-c3c4ccccc4c(-c4ccccc4)c4ccccc34)c3oc4ccccc4c3c2c2c1oc1ccccc12. The zero-order valence-corrected chi connectivity index (χ0v) is 24.6. The number of furan rings is 2. The Kier molecular flexibility index (Phi) is 4.95. The highest BCUT2D eigenvalue weighted by atomic mass is 16.3. The summed E-state index contributed by atoms with van der Waals surface area (Å²) in [7, 11) is 0. The van der Waals surface area contributed by atoms with Crippen LogP contribution in [0.2, 0.25) is 0 Å². The number of rotatable bonds is 2. The molecule has 0 fully saturated rings. The maximum absolute atomic E-state index is 6.90. The summed E-state index contributed by atoms with van der Waals surface area (Å²) in [5, 5.41) is 11.8. The lowest BCUT2D eigenvalue weighted by Gasteiger charge is -2.18. The monoisotopic (exact) mass is 574 g/mol. The van der Waals surface area contributed by atoms with Crippen LogP contribution in [0.15, 0.2) is 148 Å². The number of hydrogen-bond acceptors (Lipinski definition) is 2. The fourth-order valence-corrected chi connectivity index (χ4v) is 7.69. The Hall–Kier alpha value is -5.86. The summed E-state index contributed by atoms with van der Waals surface area (Å²) in [5.74, 6) is 0. The van der Waals surface area contributed by atoms with Gasteiger partial charge >= 0.3 is 0 Å². The van der Waals surface area contributed by atoms with Gasteiger partial charge in [0, 0.05) is 38.1 Å². The second-order valence-corrected chi connectivity index (χ2v) is 12.0. The van der Waals surface area contributed by atoms with Crippen molar-refractivity contribution in [2.75, 3.05) is 0 Å². The van der Waals surface area contributed by atoms with E-state index in [-0.39, 0.29) is 0 Å². The van der Waals surface area contributed by atoms with Crippen LogP contribution >= 0.6 is 0 Å². The Labute approximate surface area is 258 Å². The maximum atomic E-state index is 6.90. The fourth-order valence-electron chi connectivity index (χ4n) is 7.69. The van der Waals surface area contributed by atoms with E-state index in [0.29, 0.717) is 0 Å². The summed E-state index contributed by atoms with van der Waals surface area (Å²) in [6, 6.07) is 49.8. The normalized spacial score (nSPS) is 12.1. The second kappa shape index (κ2) is 9.07. The van der Waals surface area contributed by atoms with E-state index in [0.717, 1.165) is 55.0 Å². The van der Waals surface area contributed by atoms with Crippen molar-refractivity contribution in [3.8, 4) is 22.3 Å². The average molecular weight is 575 g/mol. The molecule has 2 heteroatoms. The fraction of sp³-hybridized carbons (Fsp3) is 0.0233. The van der Waals surface area contributed by atoms with E-state index in [9.17, 15) is 0 Å². The number of para-hydroxylation sites is 2. The first-order valence-electron chi connectivity index (χ1n) is 15.4. The van der Waals surface area contributed by atoms with Gasteiger partial charge in [0.15, 0.2) is 0 Å². The number of hydrogen-bond donors (Lipinski definition) is 0.